The molecule has 114 valence electrons. The number of nitrogens with zero attached hydrogens (tertiary/aromatic N) is 4. The minimum Gasteiger partial charge on any atom is -0.361 e. The summed E-state index contributed by atoms with van der Waals surface area (Å²) < 4.78 is 2.15. The molecule has 1 saturated carbocycles. The van der Waals surface area contributed by atoms with Crippen LogP contribution in [0, 0.1) is 12.5 Å². The van der Waals surface area contributed by atoms with E-state index in [-0.39, 0.29) is 0 Å². The van der Waals surface area contributed by atoms with E-state index >= 15 is 0 Å². The predicted molar refractivity (Wildman–Crippen MR) is 88.9 cm³/mol. The fourth-order valence-corrected chi connectivity index (χ4v) is 2.81. The van der Waals surface area contributed by atoms with Crippen molar-refractivity contribution in [3.05, 3.63) is 35.8 Å². The Morgan fingerprint density at radius 3 is 2.82 bits per heavy atom. The zero-order valence-electron chi connectivity index (χ0n) is 13.1. The fourth-order valence-electron chi connectivity index (χ4n) is 2.81. The Morgan fingerprint density at radius 2 is 2.23 bits per heavy atom. The Bertz CT molecular complexity index is 746. The third-order valence-corrected chi connectivity index (χ3v) is 4.02. The van der Waals surface area contributed by atoms with E-state index in [1.54, 1.807) is 6.07 Å². The van der Waals surface area contributed by atoms with Crippen molar-refractivity contribution in [3.8, 4) is 0 Å². The van der Waals surface area contributed by atoms with E-state index in [1.807, 2.05) is 6.07 Å². The second kappa shape index (κ2) is 5.80. The summed E-state index contributed by atoms with van der Waals surface area (Å²) in [6.07, 6.45) is 4.43. The lowest BCUT2D eigenvalue weighted by Gasteiger charge is -2.28. The number of fused-ring (bicyclic) bond motifs is 1. The van der Waals surface area contributed by atoms with Gasteiger partial charge in [-0.15, -0.1) is 0 Å². The molecular weight excluding hydrogens is 274 g/mol. The SMILES string of the molecule is [C-]#[N+]c1ccc2nc(NC(=C)CC(C)C)n(C3CCC3)c2n1. The van der Waals surface area contributed by atoms with Gasteiger partial charge in [-0.05, 0) is 43.7 Å². The molecule has 2 heterocycles. The first kappa shape index (κ1) is 14.6. The monoisotopic (exact) mass is 295 g/mol. The largest absolute Gasteiger partial charge is 0.361 e. The molecule has 1 N–H and O–H groups in total. The van der Waals surface area contributed by atoms with Crippen molar-refractivity contribution >= 4 is 22.9 Å². The first-order chi connectivity index (χ1) is 10.6. The van der Waals surface area contributed by atoms with Gasteiger partial charge in [-0.2, -0.15) is 0 Å². The molecule has 5 heteroatoms. The molecule has 1 fully saturated rings. The van der Waals surface area contributed by atoms with E-state index in [4.69, 9.17) is 6.57 Å². The Hall–Kier alpha value is -2.35. The number of aromatic nitrogens is 3. The van der Waals surface area contributed by atoms with E-state index in [1.165, 1.54) is 6.42 Å². The number of allylic oxidation sites excluding steroid dienone is 1. The topological polar surface area (TPSA) is 47.1 Å². The fraction of sp³-hybridized carbons (Fsp3) is 0.471. The third kappa shape index (κ3) is 2.69. The van der Waals surface area contributed by atoms with Gasteiger partial charge in [0.1, 0.15) is 5.52 Å². The molecule has 3 rings (SSSR count). The first-order valence-electron chi connectivity index (χ1n) is 7.79. The van der Waals surface area contributed by atoms with E-state index in [0.29, 0.717) is 17.8 Å². The first-order valence-corrected chi connectivity index (χ1v) is 7.79. The van der Waals surface area contributed by atoms with Gasteiger partial charge < -0.3 is 10.2 Å². The number of rotatable bonds is 5. The number of pyridine rings is 1. The molecule has 2 aromatic rings. The summed E-state index contributed by atoms with van der Waals surface area (Å²) >= 11 is 0. The van der Waals surface area contributed by atoms with E-state index in [2.05, 4.69) is 45.1 Å². The number of anilines is 1. The standard InChI is InChI=1S/C17H21N5/c1-11(2)10-12(3)19-17-20-14-8-9-15(18-4)21-16(14)22(17)13-6-5-7-13/h8-9,11,13H,3,5-7,10H2,1-2H3,(H,19,20). The summed E-state index contributed by atoms with van der Waals surface area (Å²) in [6, 6.07) is 4.02. The van der Waals surface area contributed by atoms with Crippen molar-refractivity contribution in [2.45, 2.75) is 45.6 Å². The highest BCUT2D eigenvalue weighted by Gasteiger charge is 2.27. The van der Waals surface area contributed by atoms with Crippen molar-refractivity contribution in [2.75, 3.05) is 5.32 Å². The molecule has 0 radical (unpaired) electrons. The average molecular weight is 295 g/mol. The molecule has 0 aliphatic heterocycles. The van der Waals surface area contributed by atoms with Gasteiger partial charge in [0.2, 0.25) is 5.95 Å². The number of hydrogen-bond acceptors (Lipinski definition) is 3. The van der Waals surface area contributed by atoms with Gasteiger partial charge in [0.15, 0.2) is 0 Å². The van der Waals surface area contributed by atoms with Gasteiger partial charge in [0, 0.05) is 11.7 Å². The van der Waals surface area contributed by atoms with E-state index in [9.17, 15) is 0 Å². The van der Waals surface area contributed by atoms with Gasteiger partial charge in [-0.3, -0.25) is 4.57 Å². The zero-order valence-corrected chi connectivity index (χ0v) is 13.1. The molecule has 0 atom stereocenters. The van der Waals surface area contributed by atoms with Crippen LogP contribution >= 0.6 is 0 Å². The average Bonchev–Trinajstić information content (AvgIpc) is 2.73. The zero-order chi connectivity index (χ0) is 15.7. The van der Waals surface area contributed by atoms with Crippen LogP contribution in [0.3, 0.4) is 0 Å². The quantitative estimate of drug-likeness (QED) is 0.815. The summed E-state index contributed by atoms with van der Waals surface area (Å²) in [6.45, 7) is 15.6. The summed E-state index contributed by atoms with van der Waals surface area (Å²) in [7, 11) is 0. The maximum absolute atomic E-state index is 7.16. The van der Waals surface area contributed by atoms with Crippen molar-refractivity contribution < 1.29 is 0 Å². The molecule has 0 unspecified atom stereocenters. The summed E-state index contributed by atoms with van der Waals surface area (Å²) in [4.78, 5) is 12.6. The molecule has 1 aliphatic carbocycles. The maximum atomic E-state index is 7.16. The Balaban J connectivity index is 2.01. The molecule has 22 heavy (non-hydrogen) atoms. The lowest BCUT2D eigenvalue weighted by atomic mass is 9.93. The minimum absolute atomic E-state index is 0.417. The van der Waals surface area contributed by atoms with Crippen LogP contribution in [0.25, 0.3) is 16.0 Å². The van der Waals surface area contributed by atoms with Crippen LogP contribution in [-0.4, -0.2) is 14.5 Å². The summed E-state index contributed by atoms with van der Waals surface area (Å²) in [5.74, 6) is 1.77. The van der Waals surface area contributed by atoms with Gasteiger partial charge in [0.05, 0.1) is 0 Å². The molecule has 0 bridgehead atoms. The van der Waals surface area contributed by atoms with Crippen LogP contribution in [-0.2, 0) is 0 Å². The predicted octanol–water partition coefficient (Wildman–Crippen LogP) is 4.68. The molecule has 0 spiro atoms. The van der Waals surface area contributed by atoms with Crippen LogP contribution in [0.1, 0.15) is 45.6 Å². The normalized spacial score (nSPS) is 14.8. The highest BCUT2D eigenvalue weighted by molar-refractivity contribution is 5.77. The number of hydrogen-bond donors (Lipinski definition) is 1. The van der Waals surface area contributed by atoms with Crippen molar-refractivity contribution in [1.82, 2.24) is 14.5 Å². The van der Waals surface area contributed by atoms with E-state index in [0.717, 1.165) is 42.1 Å². The molecule has 0 saturated heterocycles. The van der Waals surface area contributed by atoms with Gasteiger partial charge in [-0.25, -0.2) is 4.98 Å². The van der Waals surface area contributed by atoms with Gasteiger partial charge in [-0.1, -0.05) is 32.0 Å². The van der Waals surface area contributed by atoms with Crippen LogP contribution in [0.4, 0.5) is 11.8 Å². The van der Waals surface area contributed by atoms with Crippen molar-refractivity contribution in [1.29, 1.82) is 0 Å². The Labute approximate surface area is 130 Å². The van der Waals surface area contributed by atoms with Gasteiger partial charge in [0.25, 0.3) is 11.5 Å². The van der Waals surface area contributed by atoms with Crippen LogP contribution in [0.2, 0.25) is 0 Å². The van der Waals surface area contributed by atoms with Crippen molar-refractivity contribution in [3.63, 3.8) is 0 Å². The molecule has 0 aromatic carbocycles. The molecule has 1 aliphatic rings. The molecule has 0 amide bonds. The van der Waals surface area contributed by atoms with Crippen molar-refractivity contribution in [2.24, 2.45) is 5.92 Å². The number of imidazole rings is 1. The highest BCUT2D eigenvalue weighted by atomic mass is 15.3. The summed E-state index contributed by atoms with van der Waals surface area (Å²) in [5, 5.41) is 3.36. The van der Waals surface area contributed by atoms with Crippen LogP contribution in [0.5, 0.6) is 0 Å². The Kier molecular flexibility index (Phi) is 3.84. The lowest BCUT2D eigenvalue weighted by molar-refractivity contribution is 0.322. The molecule has 2 aromatic heterocycles. The van der Waals surface area contributed by atoms with E-state index < -0.39 is 0 Å². The smallest absolute Gasteiger partial charge is 0.271 e. The Morgan fingerprint density at radius 1 is 1.45 bits per heavy atom. The van der Waals surface area contributed by atoms with Crippen LogP contribution < -0.4 is 5.32 Å². The third-order valence-electron chi connectivity index (χ3n) is 4.02. The molecular formula is C17H21N5. The minimum atomic E-state index is 0.417. The van der Waals surface area contributed by atoms with Crippen LogP contribution in [0.15, 0.2) is 24.4 Å². The highest BCUT2D eigenvalue weighted by Crippen LogP contribution is 2.37. The van der Waals surface area contributed by atoms with Gasteiger partial charge >= 0.3 is 0 Å². The maximum Gasteiger partial charge on any atom is 0.271 e. The second-order valence-electron chi connectivity index (χ2n) is 6.34. The molecule has 5 nitrogen and oxygen atoms in total. The summed E-state index contributed by atoms with van der Waals surface area (Å²) in [5.41, 5.74) is 2.61. The lowest BCUT2D eigenvalue weighted by Crippen LogP contribution is -2.19. The number of nitrogens with one attached hydrogen (secondary N) is 1. The second-order valence-corrected chi connectivity index (χ2v) is 6.34.